The fourth-order valence-corrected chi connectivity index (χ4v) is 2.29. The molecule has 3 nitrogen and oxygen atoms in total. The van der Waals surface area contributed by atoms with Gasteiger partial charge in [-0.2, -0.15) is 0 Å². The van der Waals surface area contributed by atoms with Crippen molar-refractivity contribution in [3.8, 4) is 0 Å². The van der Waals surface area contributed by atoms with E-state index in [9.17, 15) is 4.79 Å². The summed E-state index contributed by atoms with van der Waals surface area (Å²) in [6.07, 6.45) is 2.67. The van der Waals surface area contributed by atoms with Crippen LogP contribution in [0.4, 0.5) is 5.69 Å². The third-order valence-corrected chi connectivity index (χ3v) is 3.41. The molecular formula is C15H15BrN2O. The SMILES string of the molecule is CCN(Cc1ccccn1)c1cc(Br)ccc1C=O. The lowest BCUT2D eigenvalue weighted by Gasteiger charge is -2.24. The number of hydrogen-bond acceptors (Lipinski definition) is 3. The zero-order valence-electron chi connectivity index (χ0n) is 10.7. The number of benzene rings is 1. The minimum Gasteiger partial charge on any atom is -0.365 e. The van der Waals surface area contributed by atoms with Crippen molar-refractivity contribution in [3.05, 3.63) is 58.3 Å². The van der Waals surface area contributed by atoms with Crippen molar-refractivity contribution in [1.29, 1.82) is 0 Å². The van der Waals surface area contributed by atoms with Gasteiger partial charge in [-0.3, -0.25) is 9.78 Å². The van der Waals surface area contributed by atoms with Crippen LogP contribution in [0.1, 0.15) is 23.0 Å². The molecule has 2 aromatic rings. The number of carbonyl (C=O) groups excluding carboxylic acids is 1. The summed E-state index contributed by atoms with van der Waals surface area (Å²) in [5.74, 6) is 0. The lowest BCUT2D eigenvalue weighted by Crippen LogP contribution is -2.23. The average Bonchev–Trinajstić information content (AvgIpc) is 2.46. The molecular weight excluding hydrogens is 304 g/mol. The molecule has 0 radical (unpaired) electrons. The second-order valence-electron chi connectivity index (χ2n) is 4.16. The molecule has 0 fully saturated rings. The van der Waals surface area contributed by atoms with Gasteiger partial charge in [-0.05, 0) is 37.3 Å². The van der Waals surface area contributed by atoms with Crippen LogP contribution in [0.25, 0.3) is 0 Å². The van der Waals surface area contributed by atoms with Crippen LogP contribution in [0.5, 0.6) is 0 Å². The van der Waals surface area contributed by atoms with E-state index in [1.807, 2.05) is 36.4 Å². The Kier molecular flexibility index (Phi) is 4.68. The normalized spacial score (nSPS) is 10.2. The van der Waals surface area contributed by atoms with Crippen molar-refractivity contribution in [2.75, 3.05) is 11.4 Å². The first-order chi connectivity index (χ1) is 9.24. The number of rotatable bonds is 5. The predicted octanol–water partition coefficient (Wildman–Crippen LogP) is 3.68. The van der Waals surface area contributed by atoms with Gasteiger partial charge in [0, 0.05) is 28.5 Å². The monoisotopic (exact) mass is 318 g/mol. The number of pyridine rings is 1. The Balaban J connectivity index is 2.31. The second-order valence-corrected chi connectivity index (χ2v) is 5.07. The van der Waals surface area contributed by atoms with Crippen molar-refractivity contribution < 1.29 is 4.79 Å². The van der Waals surface area contributed by atoms with Gasteiger partial charge in [-0.25, -0.2) is 0 Å². The molecule has 0 aliphatic heterocycles. The highest BCUT2D eigenvalue weighted by atomic mass is 79.9. The van der Waals surface area contributed by atoms with Crippen molar-refractivity contribution in [3.63, 3.8) is 0 Å². The van der Waals surface area contributed by atoms with E-state index in [0.717, 1.165) is 28.7 Å². The van der Waals surface area contributed by atoms with Crippen molar-refractivity contribution in [2.45, 2.75) is 13.5 Å². The molecule has 0 unspecified atom stereocenters. The zero-order valence-corrected chi connectivity index (χ0v) is 12.3. The smallest absolute Gasteiger partial charge is 0.152 e. The Labute approximate surface area is 121 Å². The van der Waals surface area contributed by atoms with Crippen LogP contribution >= 0.6 is 15.9 Å². The Morgan fingerprint density at radius 3 is 2.79 bits per heavy atom. The van der Waals surface area contributed by atoms with Gasteiger partial charge in [0.2, 0.25) is 0 Å². The summed E-state index contributed by atoms with van der Waals surface area (Å²) in [5, 5.41) is 0. The molecule has 0 aliphatic rings. The second kappa shape index (κ2) is 6.48. The fraction of sp³-hybridized carbons (Fsp3) is 0.200. The largest absolute Gasteiger partial charge is 0.365 e. The van der Waals surface area contributed by atoms with E-state index in [4.69, 9.17) is 0 Å². The number of nitrogens with zero attached hydrogens (tertiary/aromatic N) is 2. The number of hydrogen-bond donors (Lipinski definition) is 0. The van der Waals surface area contributed by atoms with Crippen molar-refractivity contribution in [1.82, 2.24) is 4.98 Å². The van der Waals surface area contributed by atoms with Crippen molar-refractivity contribution in [2.24, 2.45) is 0 Å². The minimum absolute atomic E-state index is 0.689. The Morgan fingerprint density at radius 1 is 1.32 bits per heavy atom. The summed E-state index contributed by atoms with van der Waals surface area (Å²) in [7, 11) is 0. The van der Waals surface area contributed by atoms with Gasteiger partial charge in [0.15, 0.2) is 6.29 Å². The molecule has 0 atom stereocenters. The van der Waals surface area contributed by atoms with E-state index >= 15 is 0 Å². The maximum absolute atomic E-state index is 11.2. The van der Waals surface area contributed by atoms with Crippen LogP contribution < -0.4 is 4.90 Å². The first kappa shape index (κ1) is 13.7. The fourth-order valence-electron chi connectivity index (χ4n) is 1.94. The standard InChI is InChI=1S/C15H15BrN2O/c1-2-18(10-14-5-3-4-8-17-14)15-9-13(16)7-6-12(15)11-19/h3-9,11H,2,10H2,1H3. The number of aromatic nitrogens is 1. The summed E-state index contributed by atoms with van der Waals surface area (Å²) in [6.45, 7) is 3.57. The molecule has 1 aromatic heterocycles. The Hall–Kier alpha value is -1.68. The number of carbonyl (C=O) groups is 1. The summed E-state index contributed by atoms with van der Waals surface area (Å²) in [4.78, 5) is 17.6. The summed E-state index contributed by atoms with van der Waals surface area (Å²) in [5.41, 5.74) is 2.61. The molecule has 0 aliphatic carbocycles. The molecule has 1 heterocycles. The van der Waals surface area contributed by atoms with Gasteiger partial charge in [0.1, 0.15) is 0 Å². The van der Waals surface area contributed by atoms with Gasteiger partial charge in [0.05, 0.1) is 12.2 Å². The maximum Gasteiger partial charge on any atom is 0.152 e. The molecule has 0 spiro atoms. The molecule has 19 heavy (non-hydrogen) atoms. The lowest BCUT2D eigenvalue weighted by atomic mass is 10.1. The summed E-state index contributed by atoms with van der Waals surface area (Å²) < 4.78 is 0.965. The van der Waals surface area contributed by atoms with E-state index in [1.54, 1.807) is 6.20 Å². The molecule has 1 aromatic carbocycles. The minimum atomic E-state index is 0.689. The van der Waals surface area contributed by atoms with E-state index in [-0.39, 0.29) is 0 Å². The highest BCUT2D eigenvalue weighted by molar-refractivity contribution is 9.10. The molecule has 0 amide bonds. The average molecular weight is 319 g/mol. The maximum atomic E-state index is 11.2. The molecule has 0 saturated carbocycles. The summed E-state index contributed by atoms with van der Waals surface area (Å²) >= 11 is 3.45. The van der Waals surface area contributed by atoms with Gasteiger partial charge in [-0.1, -0.05) is 22.0 Å². The van der Waals surface area contributed by atoms with Crippen LogP contribution in [0.15, 0.2) is 47.1 Å². The van der Waals surface area contributed by atoms with E-state index in [0.29, 0.717) is 12.1 Å². The van der Waals surface area contributed by atoms with Gasteiger partial charge >= 0.3 is 0 Å². The predicted molar refractivity (Wildman–Crippen MR) is 80.5 cm³/mol. The molecule has 0 bridgehead atoms. The molecule has 98 valence electrons. The molecule has 0 N–H and O–H groups in total. The quantitative estimate of drug-likeness (QED) is 0.788. The van der Waals surface area contributed by atoms with Gasteiger partial charge < -0.3 is 4.90 Å². The Morgan fingerprint density at radius 2 is 2.16 bits per heavy atom. The highest BCUT2D eigenvalue weighted by Crippen LogP contribution is 2.25. The molecule has 0 saturated heterocycles. The van der Waals surface area contributed by atoms with Gasteiger partial charge in [-0.15, -0.1) is 0 Å². The van der Waals surface area contributed by atoms with Gasteiger partial charge in [0.25, 0.3) is 0 Å². The van der Waals surface area contributed by atoms with E-state index < -0.39 is 0 Å². The number of aldehydes is 1. The molecule has 2 rings (SSSR count). The number of halogens is 1. The topological polar surface area (TPSA) is 33.2 Å². The van der Waals surface area contributed by atoms with E-state index in [1.165, 1.54) is 0 Å². The third kappa shape index (κ3) is 3.41. The first-order valence-electron chi connectivity index (χ1n) is 6.14. The zero-order chi connectivity index (χ0) is 13.7. The molecule has 4 heteroatoms. The third-order valence-electron chi connectivity index (χ3n) is 2.92. The Bertz CT molecular complexity index is 557. The highest BCUT2D eigenvalue weighted by Gasteiger charge is 2.11. The van der Waals surface area contributed by atoms with E-state index in [2.05, 4.69) is 32.7 Å². The lowest BCUT2D eigenvalue weighted by molar-refractivity contribution is 0.112. The van der Waals surface area contributed by atoms with Crippen molar-refractivity contribution >= 4 is 27.9 Å². The van der Waals surface area contributed by atoms with Crippen LogP contribution in [0.3, 0.4) is 0 Å². The van der Waals surface area contributed by atoms with Crippen LogP contribution in [-0.2, 0) is 6.54 Å². The summed E-state index contributed by atoms with van der Waals surface area (Å²) in [6, 6.07) is 11.5. The van der Waals surface area contributed by atoms with Crippen LogP contribution in [-0.4, -0.2) is 17.8 Å². The van der Waals surface area contributed by atoms with Crippen LogP contribution in [0, 0.1) is 0 Å². The van der Waals surface area contributed by atoms with Crippen LogP contribution in [0.2, 0.25) is 0 Å². The number of anilines is 1. The first-order valence-corrected chi connectivity index (χ1v) is 6.93.